The number of piperidine rings is 1. The molecule has 1 aromatic carbocycles. The van der Waals surface area contributed by atoms with Crippen molar-refractivity contribution >= 4 is 14.1 Å². The van der Waals surface area contributed by atoms with Gasteiger partial charge in [-0.25, -0.2) is 0 Å². The summed E-state index contributed by atoms with van der Waals surface area (Å²) >= 11 is 0. The van der Waals surface area contributed by atoms with Crippen molar-refractivity contribution in [1.29, 1.82) is 0 Å². The molecular formula is C26H39NSi. The third-order valence-electron chi connectivity index (χ3n) is 9.53. The second-order valence-electron chi connectivity index (χ2n) is 11.3. The van der Waals surface area contributed by atoms with Gasteiger partial charge in [0.2, 0.25) is 0 Å². The lowest BCUT2D eigenvalue weighted by molar-refractivity contribution is 0.0626. The van der Waals surface area contributed by atoms with Crippen LogP contribution >= 0.6 is 0 Å². The Labute approximate surface area is 173 Å². The third kappa shape index (κ3) is 2.74. The van der Waals surface area contributed by atoms with E-state index in [0.29, 0.717) is 0 Å². The Morgan fingerprint density at radius 1 is 1.00 bits per heavy atom. The van der Waals surface area contributed by atoms with E-state index in [1.165, 1.54) is 37.8 Å². The molecule has 1 heterocycles. The van der Waals surface area contributed by atoms with Crippen molar-refractivity contribution in [3.8, 4) is 0 Å². The fourth-order valence-electron chi connectivity index (χ4n) is 8.79. The maximum atomic E-state index is 3.95. The second kappa shape index (κ2) is 6.84. The first-order valence-corrected chi connectivity index (χ1v) is 15.1. The minimum absolute atomic E-state index is 0.724. The minimum atomic E-state index is -1.51. The summed E-state index contributed by atoms with van der Waals surface area (Å²) in [5, 5.41) is 3.95. The van der Waals surface area contributed by atoms with Gasteiger partial charge in [-0.1, -0.05) is 62.9 Å². The Kier molecular flexibility index (Phi) is 4.67. The van der Waals surface area contributed by atoms with Gasteiger partial charge in [0, 0.05) is 11.6 Å². The van der Waals surface area contributed by atoms with Crippen LogP contribution in [0.2, 0.25) is 18.6 Å². The van der Waals surface area contributed by atoms with E-state index in [0.717, 1.165) is 46.7 Å². The first kappa shape index (κ1) is 19.1. The second-order valence-corrected chi connectivity index (χ2v) is 16.2. The Morgan fingerprint density at radius 2 is 1.79 bits per heavy atom. The fraction of sp³-hybridized carbons (Fsp3) is 0.692. The first-order chi connectivity index (χ1) is 13.4. The Morgan fingerprint density at radius 3 is 2.61 bits per heavy atom. The van der Waals surface area contributed by atoms with E-state index in [-0.39, 0.29) is 0 Å². The van der Waals surface area contributed by atoms with E-state index in [2.05, 4.69) is 69.5 Å². The van der Waals surface area contributed by atoms with Crippen LogP contribution in [0.3, 0.4) is 0 Å². The number of hydrogen-bond acceptors (Lipinski definition) is 1. The van der Waals surface area contributed by atoms with Crippen LogP contribution in [0.5, 0.6) is 0 Å². The van der Waals surface area contributed by atoms with Crippen molar-refractivity contribution in [1.82, 2.24) is 5.32 Å². The van der Waals surface area contributed by atoms with Crippen molar-refractivity contribution in [2.45, 2.75) is 76.7 Å². The largest absolute Gasteiger partial charge is 0.314 e. The molecule has 5 rings (SSSR count). The van der Waals surface area contributed by atoms with Crippen molar-refractivity contribution in [2.75, 3.05) is 6.54 Å². The number of hydrogen-bond donors (Lipinski definition) is 1. The first-order valence-electron chi connectivity index (χ1n) is 11.9. The highest BCUT2D eigenvalue weighted by molar-refractivity contribution is 6.81. The zero-order chi connectivity index (χ0) is 19.6. The molecule has 1 aliphatic heterocycles. The maximum Gasteiger partial charge on any atom is 0.0635 e. The van der Waals surface area contributed by atoms with Crippen LogP contribution in [0.4, 0.5) is 0 Å². The van der Waals surface area contributed by atoms with Gasteiger partial charge < -0.3 is 5.32 Å². The van der Waals surface area contributed by atoms with Crippen molar-refractivity contribution in [2.24, 2.45) is 29.6 Å². The summed E-state index contributed by atoms with van der Waals surface area (Å²) in [6.07, 6.45) is 8.31. The normalized spacial score (nSPS) is 42.5. The summed E-state index contributed by atoms with van der Waals surface area (Å²) in [4.78, 5) is 0. The molecule has 0 radical (unpaired) electrons. The topological polar surface area (TPSA) is 12.0 Å². The molecule has 152 valence electrons. The standard InChI is InChI=1S/C26H39NSi/c1-16-13-19-9-6-7-10-21(19)25(16)28(4,5)26-17(2)14-22-18(3)20-11-8-12-27-24(20)15-23(22)26/h6-7,9-10,13,17-18,20,22-27H,8,11-12,14-15H2,1-5H3. The van der Waals surface area contributed by atoms with E-state index in [9.17, 15) is 0 Å². The van der Waals surface area contributed by atoms with E-state index >= 15 is 0 Å². The van der Waals surface area contributed by atoms with Crippen molar-refractivity contribution in [3.05, 3.63) is 41.0 Å². The number of benzene rings is 1. The Balaban J connectivity index is 1.49. The van der Waals surface area contributed by atoms with Gasteiger partial charge in [-0.2, -0.15) is 0 Å². The molecular weight excluding hydrogens is 354 g/mol. The molecule has 2 heteroatoms. The zero-order valence-corrected chi connectivity index (χ0v) is 19.5. The molecule has 0 amide bonds. The SMILES string of the molecule is CC1=Cc2ccccc2C1[Si](C)(C)C1C(C)CC2C(C)C3CCCNC3CC21. The lowest BCUT2D eigenvalue weighted by atomic mass is 9.64. The smallest absolute Gasteiger partial charge is 0.0635 e. The Bertz CT molecular complexity index is 780. The van der Waals surface area contributed by atoms with Gasteiger partial charge in [0.05, 0.1) is 8.07 Å². The lowest BCUT2D eigenvalue weighted by Crippen LogP contribution is -2.53. The number of nitrogens with one attached hydrogen (secondary N) is 1. The van der Waals surface area contributed by atoms with Crippen LogP contribution in [-0.2, 0) is 0 Å². The van der Waals surface area contributed by atoms with Crippen LogP contribution < -0.4 is 5.32 Å². The molecule has 8 unspecified atom stereocenters. The fourth-order valence-corrected chi connectivity index (χ4v) is 14.6. The lowest BCUT2D eigenvalue weighted by Gasteiger charge is -2.50. The molecule has 0 spiro atoms. The molecule has 8 atom stereocenters. The zero-order valence-electron chi connectivity index (χ0n) is 18.5. The van der Waals surface area contributed by atoms with Crippen LogP contribution in [0.1, 0.15) is 63.1 Å². The van der Waals surface area contributed by atoms with Crippen LogP contribution in [0, 0.1) is 29.6 Å². The van der Waals surface area contributed by atoms with Crippen LogP contribution in [-0.4, -0.2) is 20.7 Å². The summed E-state index contributed by atoms with van der Waals surface area (Å²) < 4.78 is 0. The molecule has 28 heavy (non-hydrogen) atoms. The number of fused-ring (bicyclic) bond motifs is 3. The highest BCUT2D eigenvalue weighted by Crippen LogP contribution is 2.62. The van der Waals surface area contributed by atoms with Crippen molar-refractivity contribution in [3.63, 3.8) is 0 Å². The molecule has 2 saturated carbocycles. The highest BCUT2D eigenvalue weighted by Gasteiger charge is 2.57. The molecule has 4 aliphatic rings. The quantitative estimate of drug-likeness (QED) is 0.567. The van der Waals surface area contributed by atoms with Crippen molar-refractivity contribution < 1.29 is 0 Å². The molecule has 3 aliphatic carbocycles. The van der Waals surface area contributed by atoms with Gasteiger partial charge in [-0.15, -0.1) is 0 Å². The minimum Gasteiger partial charge on any atom is -0.314 e. The molecule has 1 saturated heterocycles. The predicted molar refractivity (Wildman–Crippen MR) is 123 cm³/mol. The summed E-state index contributed by atoms with van der Waals surface area (Å²) in [5.41, 5.74) is 6.47. The maximum absolute atomic E-state index is 3.95. The van der Waals surface area contributed by atoms with Crippen LogP contribution in [0.25, 0.3) is 6.08 Å². The summed E-state index contributed by atoms with van der Waals surface area (Å²) in [7, 11) is -1.51. The summed E-state index contributed by atoms with van der Waals surface area (Å²) in [5.74, 6) is 4.70. The van der Waals surface area contributed by atoms with E-state index in [1.54, 1.807) is 11.1 Å². The molecule has 0 aromatic heterocycles. The van der Waals surface area contributed by atoms with Gasteiger partial charge in [-0.3, -0.25) is 0 Å². The Hall–Kier alpha value is -0.863. The predicted octanol–water partition coefficient (Wildman–Crippen LogP) is 6.49. The number of allylic oxidation sites excluding steroid dienone is 1. The molecule has 1 nitrogen and oxygen atoms in total. The average molecular weight is 394 g/mol. The molecule has 1 aromatic rings. The highest BCUT2D eigenvalue weighted by atomic mass is 28.3. The van der Waals surface area contributed by atoms with Crippen LogP contribution in [0.15, 0.2) is 29.8 Å². The van der Waals surface area contributed by atoms with E-state index in [4.69, 9.17) is 0 Å². The van der Waals surface area contributed by atoms with Gasteiger partial charge in [-0.05, 0) is 85.4 Å². The van der Waals surface area contributed by atoms with Gasteiger partial charge in [0.15, 0.2) is 0 Å². The van der Waals surface area contributed by atoms with E-state index < -0.39 is 8.07 Å². The molecule has 3 fully saturated rings. The summed E-state index contributed by atoms with van der Waals surface area (Å²) in [6.45, 7) is 14.4. The van der Waals surface area contributed by atoms with Gasteiger partial charge in [0.1, 0.15) is 0 Å². The monoisotopic (exact) mass is 393 g/mol. The summed E-state index contributed by atoms with van der Waals surface area (Å²) in [6, 6.07) is 10.0. The van der Waals surface area contributed by atoms with E-state index in [1.807, 2.05) is 0 Å². The van der Waals surface area contributed by atoms with Gasteiger partial charge >= 0.3 is 0 Å². The average Bonchev–Trinajstić information content (AvgIpc) is 3.18. The number of rotatable bonds is 2. The molecule has 0 bridgehead atoms. The molecule has 1 N–H and O–H groups in total. The van der Waals surface area contributed by atoms with Gasteiger partial charge in [0.25, 0.3) is 0 Å². The third-order valence-corrected chi connectivity index (χ3v) is 14.5.